The van der Waals surface area contributed by atoms with Crippen molar-refractivity contribution in [1.29, 1.82) is 0 Å². The number of ether oxygens (including phenoxy) is 2. The van der Waals surface area contributed by atoms with Crippen molar-refractivity contribution >= 4 is 35.2 Å². The Hall–Kier alpha value is -1.66. The Morgan fingerprint density at radius 1 is 1.08 bits per heavy atom. The van der Waals surface area contributed by atoms with Gasteiger partial charge in [0.2, 0.25) is 0 Å². The van der Waals surface area contributed by atoms with Crippen LogP contribution in [0.3, 0.4) is 0 Å². The summed E-state index contributed by atoms with van der Waals surface area (Å²) in [6.45, 7) is 7.81. The van der Waals surface area contributed by atoms with Gasteiger partial charge in [0.1, 0.15) is 11.4 Å². The van der Waals surface area contributed by atoms with E-state index in [-0.39, 0.29) is 5.91 Å². The maximum atomic E-state index is 12.0. The summed E-state index contributed by atoms with van der Waals surface area (Å²) >= 11 is 11.8. The van der Waals surface area contributed by atoms with Crippen LogP contribution in [-0.4, -0.2) is 36.8 Å². The standard InChI is InChI=1S/C17H24Cl2N2O4/c1-11(24-14-9-12(18)8-13(19)10-14)15(22)20-6-5-7-21-16(23)25-17(2,3)4/h8-11H,5-7H2,1-4H3,(H,20,22)(H,21,23). The summed E-state index contributed by atoms with van der Waals surface area (Å²) in [5, 5.41) is 6.22. The van der Waals surface area contributed by atoms with E-state index in [2.05, 4.69) is 10.6 Å². The predicted molar refractivity (Wildman–Crippen MR) is 98.4 cm³/mol. The summed E-state index contributed by atoms with van der Waals surface area (Å²) in [6, 6.07) is 4.75. The Labute approximate surface area is 158 Å². The molecule has 25 heavy (non-hydrogen) atoms. The molecule has 0 heterocycles. The Kier molecular flexibility index (Phi) is 8.32. The number of benzene rings is 1. The molecule has 140 valence electrons. The van der Waals surface area contributed by atoms with Crippen LogP contribution in [0.1, 0.15) is 34.1 Å². The molecule has 2 N–H and O–H groups in total. The second-order valence-corrected chi connectivity index (χ2v) is 7.31. The fourth-order valence-corrected chi connectivity index (χ4v) is 2.31. The van der Waals surface area contributed by atoms with Crippen LogP contribution in [0.15, 0.2) is 18.2 Å². The van der Waals surface area contributed by atoms with Crippen molar-refractivity contribution in [1.82, 2.24) is 10.6 Å². The van der Waals surface area contributed by atoms with Crippen LogP contribution in [-0.2, 0) is 9.53 Å². The lowest BCUT2D eigenvalue weighted by Gasteiger charge is -2.19. The van der Waals surface area contributed by atoms with E-state index in [1.807, 2.05) is 0 Å². The molecule has 0 radical (unpaired) electrons. The summed E-state index contributed by atoms with van der Waals surface area (Å²) in [6.07, 6.45) is -0.609. The minimum absolute atomic E-state index is 0.270. The van der Waals surface area contributed by atoms with Gasteiger partial charge in [-0.05, 0) is 52.3 Å². The van der Waals surface area contributed by atoms with Crippen molar-refractivity contribution in [3.05, 3.63) is 28.2 Å². The highest BCUT2D eigenvalue weighted by Crippen LogP contribution is 2.24. The zero-order valence-corrected chi connectivity index (χ0v) is 16.3. The van der Waals surface area contributed by atoms with Crippen molar-refractivity contribution in [3.8, 4) is 5.75 Å². The summed E-state index contributed by atoms with van der Waals surface area (Å²) < 4.78 is 10.6. The Balaban J connectivity index is 2.26. The zero-order chi connectivity index (χ0) is 19.0. The average Bonchev–Trinajstić information content (AvgIpc) is 2.43. The summed E-state index contributed by atoms with van der Waals surface area (Å²) in [7, 11) is 0. The van der Waals surface area contributed by atoms with Crippen LogP contribution in [0.4, 0.5) is 4.79 Å². The third-order valence-corrected chi connectivity index (χ3v) is 3.28. The smallest absolute Gasteiger partial charge is 0.407 e. The number of amides is 2. The molecule has 0 saturated heterocycles. The van der Waals surface area contributed by atoms with Gasteiger partial charge in [-0.25, -0.2) is 4.79 Å². The molecule has 1 aromatic rings. The Bertz CT molecular complexity index is 583. The maximum Gasteiger partial charge on any atom is 0.407 e. The first-order valence-electron chi connectivity index (χ1n) is 7.94. The van der Waals surface area contributed by atoms with Gasteiger partial charge < -0.3 is 20.1 Å². The quantitative estimate of drug-likeness (QED) is 0.694. The summed E-state index contributed by atoms with van der Waals surface area (Å²) in [5.74, 6) is 0.153. The normalized spacial score (nSPS) is 12.2. The van der Waals surface area contributed by atoms with E-state index >= 15 is 0 Å². The molecule has 0 aromatic heterocycles. The molecule has 0 bridgehead atoms. The summed E-state index contributed by atoms with van der Waals surface area (Å²) in [4.78, 5) is 23.4. The first kappa shape index (κ1) is 21.4. The van der Waals surface area contributed by atoms with Crippen molar-refractivity contribution in [2.24, 2.45) is 0 Å². The molecule has 1 aromatic carbocycles. The van der Waals surface area contributed by atoms with Gasteiger partial charge in [0.05, 0.1) is 0 Å². The van der Waals surface area contributed by atoms with Crippen LogP contribution in [0, 0.1) is 0 Å². The highest BCUT2D eigenvalue weighted by molar-refractivity contribution is 6.34. The van der Waals surface area contributed by atoms with Gasteiger partial charge in [-0.15, -0.1) is 0 Å². The lowest BCUT2D eigenvalue weighted by atomic mass is 10.2. The van der Waals surface area contributed by atoms with E-state index < -0.39 is 17.8 Å². The first-order chi connectivity index (χ1) is 11.6. The number of alkyl carbamates (subject to hydrolysis) is 1. The number of hydrogen-bond acceptors (Lipinski definition) is 4. The van der Waals surface area contributed by atoms with Crippen LogP contribution >= 0.6 is 23.2 Å². The number of carbonyl (C=O) groups excluding carboxylic acids is 2. The fourth-order valence-electron chi connectivity index (χ4n) is 1.80. The lowest BCUT2D eigenvalue weighted by molar-refractivity contribution is -0.127. The SMILES string of the molecule is CC(Oc1cc(Cl)cc(Cl)c1)C(=O)NCCCNC(=O)OC(C)(C)C. The van der Waals surface area contributed by atoms with E-state index in [0.717, 1.165) is 0 Å². The third-order valence-electron chi connectivity index (χ3n) is 2.84. The van der Waals surface area contributed by atoms with Gasteiger partial charge in [-0.1, -0.05) is 23.2 Å². The topological polar surface area (TPSA) is 76.7 Å². The minimum atomic E-state index is -0.701. The molecule has 1 rings (SSSR count). The molecule has 2 amide bonds. The fraction of sp³-hybridized carbons (Fsp3) is 0.529. The number of carbonyl (C=O) groups is 2. The molecule has 8 heteroatoms. The first-order valence-corrected chi connectivity index (χ1v) is 8.70. The van der Waals surface area contributed by atoms with Crippen molar-refractivity contribution < 1.29 is 19.1 Å². The maximum absolute atomic E-state index is 12.0. The van der Waals surface area contributed by atoms with Crippen LogP contribution in [0.2, 0.25) is 10.0 Å². The van der Waals surface area contributed by atoms with Gasteiger partial charge in [0.15, 0.2) is 6.10 Å². The second kappa shape index (κ2) is 9.73. The third kappa shape index (κ3) is 9.41. The molecule has 0 aliphatic heterocycles. The van der Waals surface area contributed by atoms with Gasteiger partial charge in [0.25, 0.3) is 5.91 Å². The molecule has 0 fully saturated rings. The number of halogens is 2. The van der Waals surface area contributed by atoms with E-state index in [4.69, 9.17) is 32.7 Å². The van der Waals surface area contributed by atoms with Crippen LogP contribution < -0.4 is 15.4 Å². The van der Waals surface area contributed by atoms with Gasteiger partial charge in [-0.3, -0.25) is 4.79 Å². The number of hydrogen-bond donors (Lipinski definition) is 2. The Morgan fingerprint density at radius 2 is 1.64 bits per heavy atom. The van der Waals surface area contributed by atoms with Crippen LogP contribution in [0.25, 0.3) is 0 Å². The average molecular weight is 391 g/mol. The molecule has 0 aliphatic carbocycles. The van der Waals surface area contributed by atoms with Crippen molar-refractivity contribution in [2.75, 3.05) is 13.1 Å². The second-order valence-electron chi connectivity index (χ2n) is 6.44. The van der Waals surface area contributed by atoms with Gasteiger partial charge in [-0.2, -0.15) is 0 Å². The van der Waals surface area contributed by atoms with E-state index in [1.165, 1.54) is 0 Å². The molecule has 0 spiro atoms. The monoisotopic (exact) mass is 390 g/mol. The number of nitrogens with one attached hydrogen (secondary N) is 2. The van der Waals surface area contributed by atoms with Gasteiger partial charge in [0, 0.05) is 23.1 Å². The molecular weight excluding hydrogens is 367 g/mol. The summed E-state index contributed by atoms with van der Waals surface area (Å²) in [5.41, 5.74) is -0.533. The number of rotatable bonds is 7. The highest BCUT2D eigenvalue weighted by Gasteiger charge is 2.16. The predicted octanol–water partition coefficient (Wildman–Crippen LogP) is 3.79. The van der Waals surface area contributed by atoms with Crippen molar-refractivity contribution in [3.63, 3.8) is 0 Å². The van der Waals surface area contributed by atoms with E-state index in [1.54, 1.807) is 45.9 Å². The molecule has 0 saturated carbocycles. The minimum Gasteiger partial charge on any atom is -0.481 e. The lowest BCUT2D eigenvalue weighted by Crippen LogP contribution is -2.38. The molecule has 1 unspecified atom stereocenters. The highest BCUT2D eigenvalue weighted by atomic mass is 35.5. The van der Waals surface area contributed by atoms with Gasteiger partial charge >= 0.3 is 6.09 Å². The van der Waals surface area contributed by atoms with E-state index in [0.29, 0.717) is 35.3 Å². The molecule has 1 atom stereocenters. The van der Waals surface area contributed by atoms with Crippen LogP contribution in [0.5, 0.6) is 5.75 Å². The Morgan fingerprint density at radius 3 is 2.20 bits per heavy atom. The largest absolute Gasteiger partial charge is 0.481 e. The molecule has 0 aliphatic rings. The molecule has 6 nitrogen and oxygen atoms in total. The van der Waals surface area contributed by atoms with Crippen molar-refractivity contribution in [2.45, 2.75) is 45.8 Å². The van der Waals surface area contributed by atoms with E-state index in [9.17, 15) is 9.59 Å². The molecular formula is C17H24Cl2N2O4. The zero-order valence-electron chi connectivity index (χ0n) is 14.8.